The molecule has 0 fully saturated rings. The number of sulfonamides is 1. The fraction of sp³-hybridized carbons (Fsp3) is 0. The van der Waals surface area contributed by atoms with Crippen molar-refractivity contribution in [2.24, 2.45) is 4.40 Å². The highest BCUT2D eigenvalue weighted by molar-refractivity contribution is 7.90. The average molecular weight is 260 g/mol. The van der Waals surface area contributed by atoms with Crippen LogP contribution in [-0.4, -0.2) is 14.6 Å². The molecule has 4 nitrogen and oxygen atoms in total. The summed E-state index contributed by atoms with van der Waals surface area (Å²) >= 11 is 0. The third-order valence-electron chi connectivity index (χ3n) is 2.32. The maximum absolute atomic E-state index is 11.9. The summed E-state index contributed by atoms with van der Waals surface area (Å²) in [7, 11) is -3.66. The highest BCUT2D eigenvalue weighted by Crippen LogP contribution is 2.14. The van der Waals surface area contributed by atoms with Crippen LogP contribution in [0.5, 0.6) is 0 Å². The fourth-order valence-electron chi connectivity index (χ4n) is 1.37. The average Bonchev–Trinajstić information content (AvgIpc) is 2.38. The minimum absolute atomic E-state index is 0.129. The van der Waals surface area contributed by atoms with Gasteiger partial charge in [0.05, 0.1) is 4.90 Å². The van der Waals surface area contributed by atoms with Crippen molar-refractivity contribution >= 4 is 21.9 Å². The Morgan fingerprint density at radius 1 is 0.944 bits per heavy atom. The zero-order valence-electron chi connectivity index (χ0n) is 9.52. The monoisotopic (exact) mass is 260 g/mol. The molecule has 92 valence electrons. The van der Waals surface area contributed by atoms with Crippen LogP contribution in [0.4, 0.5) is 5.69 Å². The van der Waals surface area contributed by atoms with Gasteiger partial charge in [-0.2, -0.15) is 12.8 Å². The molecule has 5 heteroatoms. The molecule has 0 aromatic heterocycles. The first-order valence-electron chi connectivity index (χ1n) is 5.29. The largest absolute Gasteiger partial charge is 0.399 e. The van der Waals surface area contributed by atoms with Crippen LogP contribution >= 0.6 is 0 Å². The van der Waals surface area contributed by atoms with Crippen molar-refractivity contribution in [3.05, 3.63) is 60.2 Å². The number of rotatable bonds is 3. The Balaban J connectivity index is 2.28. The quantitative estimate of drug-likeness (QED) is 0.678. The van der Waals surface area contributed by atoms with Crippen LogP contribution in [0, 0.1) is 0 Å². The molecule has 0 unspecified atom stereocenters. The summed E-state index contributed by atoms with van der Waals surface area (Å²) in [5, 5.41) is 0. The van der Waals surface area contributed by atoms with Gasteiger partial charge in [-0.3, -0.25) is 0 Å². The molecule has 0 aliphatic heterocycles. The maximum atomic E-state index is 11.9. The van der Waals surface area contributed by atoms with Gasteiger partial charge in [0.15, 0.2) is 0 Å². The number of nitrogens with zero attached hydrogens (tertiary/aromatic N) is 1. The predicted octanol–water partition coefficient (Wildman–Crippen LogP) is 2.08. The Morgan fingerprint density at radius 2 is 1.56 bits per heavy atom. The van der Waals surface area contributed by atoms with E-state index in [4.69, 9.17) is 5.73 Å². The van der Waals surface area contributed by atoms with E-state index in [0.29, 0.717) is 5.69 Å². The molecule has 0 aliphatic rings. The first-order chi connectivity index (χ1) is 8.58. The van der Waals surface area contributed by atoms with E-state index in [1.54, 1.807) is 12.1 Å². The zero-order valence-corrected chi connectivity index (χ0v) is 10.3. The van der Waals surface area contributed by atoms with Crippen molar-refractivity contribution in [2.45, 2.75) is 4.90 Å². The molecule has 0 saturated heterocycles. The van der Waals surface area contributed by atoms with E-state index in [-0.39, 0.29) is 4.90 Å². The Kier molecular flexibility index (Phi) is 3.43. The number of benzene rings is 2. The molecule has 2 aromatic carbocycles. The summed E-state index contributed by atoms with van der Waals surface area (Å²) in [5.41, 5.74) is 6.75. The molecule has 0 bridgehead atoms. The smallest absolute Gasteiger partial charge is 0.282 e. The highest BCUT2D eigenvalue weighted by Gasteiger charge is 2.10. The Labute approximate surface area is 106 Å². The van der Waals surface area contributed by atoms with E-state index in [9.17, 15) is 8.42 Å². The van der Waals surface area contributed by atoms with E-state index in [1.807, 2.05) is 18.2 Å². The van der Waals surface area contributed by atoms with E-state index in [2.05, 4.69) is 4.40 Å². The summed E-state index contributed by atoms with van der Waals surface area (Å²) < 4.78 is 27.4. The summed E-state index contributed by atoms with van der Waals surface area (Å²) in [5.74, 6) is 0. The second-order valence-corrected chi connectivity index (χ2v) is 5.32. The molecule has 0 spiro atoms. The Bertz CT molecular complexity index is 647. The van der Waals surface area contributed by atoms with Gasteiger partial charge in [-0.25, -0.2) is 0 Å². The zero-order chi connectivity index (χ0) is 13.0. The van der Waals surface area contributed by atoms with Crippen molar-refractivity contribution in [3.8, 4) is 0 Å². The molecule has 2 rings (SSSR count). The fourth-order valence-corrected chi connectivity index (χ4v) is 2.23. The van der Waals surface area contributed by atoms with Crippen molar-refractivity contribution in [1.29, 1.82) is 0 Å². The molecule has 0 amide bonds. The van der Waals surface area contributed by atoms with Crippen LogP contribution in [0.2, 0.25) is 0 Å². The van der Waals surface area contributed by atoms with Crippen molar-refractivity contribution in [2.75, 3.05) is 5.73 Å². The van der Waals surface area contributed by atoms with E-state index < -0.39 is 10.0 Å². The van der Waals surface area contributed by atoms with Crippen molar-refractivity contribution < 1.29 is 8.42 Å². The van der Waals surface area contributed by atoms with Gasteiger partial charge >= 0.3 is 0 Å². The van der Waals surface area contributed by atoms with Crippen LogP contribution in [0.25, 0.3) is 0 Å². The van der Waals surface area contributed by atoms with Crippen LogP contribution < -0.4 is 5.73 Å². The normalized spacial score (nSPS) is 11.8. The lowest BCUT2D eigenvalue weighted by Gasteiger charge is -1.99. The standard InChI is InChI=1S/C13H12N2O2S/c14-12-6-8-13(9-7-12)18(16,17)15-10-11-4-2-1-3-5-11/h1-10H,14H2/b15-10+. The van der Waals surface area contributed by atoms with E-state index in [1.165, 1.54) is 30.5 Å². The van der Waals surface area contributed by atoms with Gasteiger partial charge in [0, 0.05) is 11.9 Å². The third-order valence-corrected chi connectivity index (χ3v) is 3.57. The van der Waals surface area contributed by atoms with Gasteiger partial charge in [0.2, 0.25) is 0 Å². The lowest BCUT2D eigenvalue weighted by molar-refractivity contribution is 0.598. The number of hydrogen-bond acceptors (Lipinski definition) is 3. The molecule has 2 N–H and O–H groups in total. The number of anilines is 1. The number of nitrogens with two attached hydrogens (primary N) is 1. The summed E-state index contributed by atoms with van der Waals surface area (Å²) in [4.78, 5) is 0.129. The minimum atomic E-state index is -3.66. The van der Waals surface area contributed by atoms with Crippen molar-refractivity contribution in [1.82, 2.24) is 0 Å². The predicted molar refractivity (Wildman–Crippen MR) is 72.1 cm³/mol. The highest BCUT2D eigenvalue weighted by atomic mass is 32.2. The molecule has 0 aliphatic carbocycles. The molecule has 0 heterocycles. The topological polar surface area (TPSA) is 72.5 Å². The number of nitrogen functional groups attached to an aromatic ring is 1. The Morgan fingerprint density at radius 3 is 2.17 bits per heavy atom. The van der Waals surface area contributed by atoms with Crippen LogP contribution in [0.1, 0.15) is 5.56 Å². The molecular weight excluding hydrogens is 248 g/mol. The first kappa shape index (κ1) is 12.3. The Hall–Kier alpha value is -2.14. The molecule has 2 aromatic rings. The van der Waals surface area contributed by atoms with Crippen LogP contribution in [0.15, 0.2) is 63.9 Å². The van der Waals surface area contributed by atoms with Gasteiger partial charge in [-0.15, -0.1) is 0 Å². The number of hydrogen-bond donors (Lipinski definition) is 1. The summed E-state index contributed by atoms with van der Waals surface area (Å²) in [6.45, 7) is 0. The molecule has 18 heavy (non-hydrogen) atoms. The van der Waals surface area contributed by atoms with E-state index >= 15 is 0 Å². The molecule has 0 radical (unpaired) electrons. The summed E-state index contributed by atoms with van der Waals surface area (Å²) in [6.07, 6.45) is 1.33. The molecule has 0 atom stereocenters. The third kappa shape index (κ3) is 2.95. The van der Waals surface area contributed by atoms with Gasteiger partial charge in [0.25, 0.3) is 10.0 Å². The second-order valence-electron chi connectivity index (χ2n) is 3.69. The van der Waals surface area contributed by atoms with Gasteiger partial charge in [-0.05, 0) is 29.8 Å². The first-order valence-corrected chi connectivity index (χ1v) is 6.73. The lowest BCUT2D eigenvalue weighted by Crippen LogP contribution is -1.98. The minimum Gasteiger partial charge on any atom is -0.399 e. The molecule has 0 saturated carbocycles. The maximum Gasteiger partial charge on any atom is 0.282 e. The SMILES string of the molecule is Nc1ccc(S(=O)(=O)/N=C/c2ccccc2)cc1. The van der Waals surface area contributed by atoms with Crippen molar-refractivity contribution in [3.63, 3.8) is 0 Å². The molecular formula is C13H12N2O2S. The van der Waals surface area contributed by atoms with Crippen LogP contribution in [0.3, 0.4) is 0 Å². The second kappa shape index (κ2) is 5.01. The van der Waals surface area contributed by atoms with E-state index in [0.717, 1.165) is 5.56 Å². The van der Waals surface area contributed by atoms with Gasteiger partial charge in [-0.1, -0.05) is 30.3 Å². The summed E-state index contributed by atoms with van der Waals surface area (Å²) in [6, 6.07) is 15.0. The van der Waals surface area contributed by atoms with Crippen LogP contribution in [-0.2, 0) is 10.0 Å². The van der Waals surface area contributed by atoms with Gasteiger partial charge < -0.3 is 5.73 Å². The van der Waals surface area contributed by atoms with Gasteiger partial charge in [0.1, 0.15) is 0 Å². The lowest BCUT2D eigenvalue weighted by atomic mass is 10.2.